The third-order valence-electron chi connectivity index (χ3n) is 4.75. The molecule has 2 aromatic rings. The van der Waals surface area contributed by atoms with Crippen molar-refractivity contribution in [1.82, 2.24) is 4.90 Å². The number of nitrogens with zero attached hydrogens (tertiary/aromatic N) is 1. The zero-order valence-corrected chi connectivity index (χ0v) is 17.7. The summed E-state index contributed by atoms with van der Waals surface area (Å²) in [5.41, 5.74) is 1.24. The van der Waals surface area contributed by atoms with E-state index in [9.17, 15) is 9.59 Å². The van der Waals surface area contributed by atoms with Crippen molar-refractivity contribution in [3.05, 3.63) is 47.0 Å². The van der Waals surface area contributed by atoms with Gasteiger partial charge in [-0.15, -0.1) is 0 Å². The summed E-state index contributed by atoms with van der Waals surface area (Å²) in [5.74, 6) is 1.03. The van der Waals surface area contributed by atoms with Crippen LogP contribution < -0.4 is 19.5 Å². The molecule has 8 nitrogen and oxygen atoms in total. The van der Waals surface area contributed by atoms with Gasteiger partial charge in [0.1, 0.15) is 29.9 Å². The van der Waals surface area contributed by atoms with Crippen LogP contribution in [0.5, 0.6) is 17.2 Å². The van der Waals surface area contributed by atoms with Gasteiger partial charge >= 0.3 is 0 Å². The first-order chi connectivity index (χ1) is 14.5. The van der Waals surface area contributed by atoms with E-state index in [4.69, 9.17) is 30.5 Å². The molecule has 0 bridgehead atoms. The zero-order chi connectivity index (χ0) is 21.7. The Hall–Kier alpha value is -2.97. The monoisotopic (exact) mass is 434 g/mol. The van der Waals surface area contributed by atoms with E-state index < -0.39 is 6.04 Å². The highest BCUT2D eigenvalue weighted by atomic mass is 35.5. The van der Waals surface area contributed by atoms with Crippen molar-refractivity contribution >= 4 is 29.1 Å². The molecule has 1 atom stereocenters. The molecule has 1 saturated heterocycles. The molecule has 0 radical (unpaired) electrons. The van der Waals surface area contributed by atoms with E-state index in [0.29, 0.717) is 28.0 Å². The van der Waals surface area contributed by atoms with E-state index in [1.807, 2.05) is 0 Å². The predicted octanol–water partition coefficient (Wildman–Crippen LogP) is 2.73. The summed E-state index contributed by atoms with van der Waals surface area (Å²) in [5, 5.41) is 3.15. The SMILES string of the molecule is COc1ccc(CN2C(=O)COC[C@H]2C(=O)Nc2ccc(OC)c(Cl)c2)c(OC)c1. The van der Waals surface area contributed by atoms with Crippen LogP contribution >= 0.6 is 11.6 Å². The van der Waals surface area contributed by atoms with E-state index in [1.54, 1.807) is 43.5 Å². The van der Waals surface area contributed by atoms with Gasteiger partial charge in [-0.2, -0.15) is 0 Å². The Morgan fingerprint density at radius 1 is 1.13 bits per heavy atom. The number of carbonyl (C=O) groups is 2. The van der Waals surface area contributed by atoms with Gasteiger partial charge in [-0.3, -0.25) is 9.59 Å². The summed E-state index contributed by atoms with van der Waals surface area (Å²) in [6, 6.07) is 9.41. The van der Waals surface area contributed by atoms with E-state index in [0.717, 1.165) is 5.56 Å². The Morgan fingerprint density at radius 2 is 1.90 bits per heavy atom. The average molecular weight is 435 g/mol. The third kappa shape index (κ3) is 4.77. The number of halogens is 1. The minimum atomic E-state index is -0.807. The average Bonchev–Trinajstić information content (AvgIpc) is 2.75. The molecule has 30 heavy (non-hydrogen) atoms. The second kappa shape index (κ2) is 9.69. The maximum Gasteiger partial charge on any atom is 0.249 e. The molecule has 1 N–H and O–H groups in total. The molecular weight excluding hydrogens is 412 g/mol. The van der Waals surface area contributed by atoms with E-state index in [2.05, 4.69) is 5.32 Å². The molecular formula is C21H23ClN2O6. The molecule has 0 aromatic heterocycles. The largest absolute Gasteiger partial charge is 0.497 e. The van der Waals surface area contributed by atoms with Crippen LogP contribution in [0.4, 0.5) is 5.69 Å². The minimum Gasteiger partial charge on any atom is -0.497 e. The maximum absolute atomic E-state index is 12.9. The Kier molecular flexibility index (Phi) is 7.02. The molecule has 1 aliphatic rings. The summed E-state index contributed by atoms with van der Waals surface area (Å²) in [6.07, 6.45) is 0. The number of anilines is 1. The van der Waals surface area contributed by atoms with E-state index in [1.165, 1.54) is 19.1 Å². The highest BCUT2D eigenvalue weighted by molar-refractivity contribution is 6.32. The van der Waals surface area contributed by atoms with Gasteiger partial charge in [-0.05, 0) is 30.3 Å². The van der Waals surface area contributed by atoms with Crippen molar-refractivity contribution in [2.24, 2.45) is 0 Å². The van der Waals surface area contributed by atoms with Crippen molar-refractivity contribution in [2.75, 3.05) is 39.9 Å². The quantitative estimate of drug-likeness (QED) is 0.721. The van der Waals surface area contributed by atoms with Gasteiger partial charge < -0.3 is 29.2 Å². The van der Waals surface area contributed by atoms with Gasteiger partial charge in [0.15, 0.2) is 0 Å². The number of amides is 2. The first-order valence-electron chi connectivity index (χ1n) is 9.19. The molecule has 0 saturated carbocycles. The Balaban J connectivity index is 1.80. The van der Waals surface area contributed by atoms with Crippen LogP contribution in [0.1, 0.15) is 5.56 Å². The number of ether oxygens (including phenoxy) is 4. The maximum atomic E-state index is 12.9. The lowest BCUT2D eigenvalue weighted by Crippen LogP contribution is -2.54. The summed E-state index contributed by atoms with van der Waals surface area (Å²) in [4.78, 5) is 26.9. The standard InChI is InChI=1S/C21H23ClN2O6/c1-27-15-6-4-13(19(9-15)29-3)10-24-17(11-30-12-20(24)25)21(26)23-14-5-7-18(28-2)16(22)8-14/h4-9,17H,10-12H2,1-3H3,(H,23,26)/t17-/m0/s1. The molecule has 1 aliphatic heterocycles. The zero-order valence-electron chi connectivity index (χ0n) is 16.9. The normalized spacial score (nSPS) is 16.2. The second-order valence-corrected chi connectivity index (χ2v) is 6.98. The number of benzene rings is 2. The lowest BCUT2D eigenvalue weighted by atomic mass is 10.1. The lowest BCUT2D eigenvalue weighted by Gasteiger charge is -2.34. The van der Waals surface area contributed by atoms with Gasteiger partial charge in [0.05, 0.1) is 39.5 Å². The number of hydrogen-bond donors (Lipinski definition) is 1. The van der Waals surface area contributed by atoms with Crippen molar-refractivity contribution < 1.29 is 28.5 Å². The van der Waals surface area contributed by atoms with Crippen LogP contribution in [0, 0.1) is 0 Å². The fraction of sp³-hybridized carbons (Fsp3) is 0.333. The number of methoxy groups -OCH3 is 3. The van der Waals surface area contributed by atoms with Gasteiger partial charge in [0.2, 0.25) is 11.8 Å². The van der Waals surface area contributed by atoms with Crippen molar-refractivity contribution in [3.63, 3.8) is 0 Å². The van der Waals surface area contributed by atoms with Gasteiger partial charge in [0.25, 0.3) is 0 Å². The minimum absolute atomic E-state index is 0.0833. The second-order valence-electron chi connectivity index (χ2n) is 6.57. The summed E-state index contributed by atoms with van der Waals surface area (Å²) >= 11 is 6.13. The molecule has 0 unspecified atom stereocenters. The van der Waals surface area contributed by atoms with Crippen molar-refractivity contribution in [1.29, 1.82) is 0 Å². The predicted molar refractivity (Wildman–Crippen MR) is 111 cm³/mol. The summed E-state index contributed by atoms with van der Waals surface area (Å²) < 4.78 is 21.1. The molecule has 9 heteroatoms. The van der Waals surface area contributed by atoms with Crippen molar-refractivity contribution in [2.45, 2.75) is 12.6 Å². The topological polar surface area (TPSA) is 86.3 Å². The van der Waals surface area contributed by atoms with Gasteiger partial charge in [0, 0.05) is 17.3 Å². The number of rotatable bonds is 7. The first kappa shape index (κ1) is 21.7. The molecule has 0 aliphatic carbocycles. The number of morpholine rings is 1. The molecule has 0 spiro atoms. The van der Waals surface area contributed by atoms with Crippen LogP contribution in [0.3, 0.4) is 0 Å². The highest BCUT2D eigenvalue weighted by Crippen LogP contribution is 2.29. The number of hydrogen-bond acceptors (Lipinski definition) is 6. The number of carbonyl (C=O) groups excluding carboxylic acids is 2. The van der Waals surface area contributed by atoms with E-state index >= 15 is 0 Å². The molecule has 2 amide bonds. The Bertz CT molecular complexity index is 936. The van der Waals surface area contributed by atoms with Crippen LogP contribution in [-0.2, 0) is 20.9 Å². The molecule has 1 fully saturated rings. The number of nitrogens with one attached hydrogen (secondary N) is 1. The van der Waals surface area contributed by atoms with Crippen LogP contribution in [0.2, 0.25) is 5.02 Å². The fourth-order valence-electron chi connectivity index (χ4n) is 3.16. The Labute approximate surface area is 179 Å². The van der Waals surface area contributed by atoms with Crippen LogP contribution in [-0.4, -0.2) is 57.3 Å². The first-order valence-corrected chi connectivity index (χ1v) is 9.57. The molecule has 160 valence electrons. The molecule has 1 heterocycles. The molecule has 3 rings (SSSR count). The summed E-state index contributed by atoms with van der Waals surface area (Å²) in [7, 11) is 4.61. The lowest BCUT2D eigenvalue weighted by molar-refractivity contribution is -0.154. The van der Waals surface area contributed by atoms with Gasteiger partial charge in [-0.25, -0.2) is 0 Å². The summed E-state index contributed by atoms with van der Waals surface area (Å²) in [6.45, 7) is 0.188. The highest BCUT2D eigenvalue weighted by Gasteiger charge is 2.34. The molecule has 2 aromatic carbocycles. The van der Waals surface area contributed by atoms with Crippen LogP contribution in [0.25, 0.3) is 0 Å². The van der Waals surface area contributed by atoms with Gasteiger partial charge in [-0.1, -0.05) is 11.6 Å². The Morgan fingerprint density at radius 3 is 2.57 bits per heavy atom. The van der Waals surface area contributed by atoms with Crippen molar-refractivity contribution in [3.8, 4) is 17.2 Å². The van der Waals surface area contributed by atoms with Crippen LogP contribution in [0.15, 0.2) is 36.4 Å². The smallest absolute Gasteiger partial charge is 0.249 e. The van der Waals surface area contributed by atoms with E-state index in [-0.39, 0.29) is 31.6 Å². The third-order valence-corrected chi connectivity index (χ3v) is 5.05. The fourth-order valence-corrected chi connectivity index (χ4v) is 3.41.